The average molecular weight is 367 g/mol. The Kier molecular flexibility index (Phi) is 4.44. The second kappa shape index (κ2) is 6.39. The third-order valence-corrected chi connectivity index (χ3v) is 5.18. The summed E-state index contributed by atoms with van der Waals surface area (Å²) in [5, 5.41) is 6.82. The van der Waals surface area contributed by atoms with Gasteiger partial charge in [0.05, 0.1) is 0 Å². The molecule has 2 aromatic heterocycles. The quantitative estimate of drug-likeness (QED) is 0.718. The molecule has 9 heteroatoms. The van der Waals surface area contributed by atoms with Gasteiger partial charge in [-0.05, 0) is 23.8 Å². The van der Waals surface area contributed by atoms with Gasteiger partial charge in [0.25, 0.3) is 5.56 Å². The van der Waals surface area contributed by atoms with E-state index in [1.807, 2.05) is 6.92 Å². The molecule has 0 atom stereocenters. The molecule has 126 valence electrons. The molecule has 0 aliphatic heterocycles. The van der Waals surface area contributed by atoms with Gasteiger partial charge in [-0.15, -0.1) is 0 Å². The topological polar surface area (TPSA) is 96.3 Å². The van der Waals surface area contributed by atoms with Crippen LogP contribution in [0.4, 0.5) is 0 Å². The molecule has 2 N–H and O–H groups in total. The van der Waals surface area contributed by atoms with Crippen molar-refractivity contribution >= 4 is 27.1 Å². The summed E-state index contributed by atoms with van der Waals surface area (Å²) in [6, 6.07) is 8.25. The first-order chi connectivity index (χ1) is 11.4. The van der Waals surface area contributed by atoms with E-state index in [9.17, 15) is 13.2 Å². The van der Waals surface area contributed by atoms with Crippen molar-refractivity contribution < 1.29 is 8.42 Å². The molecule has 0 radical (unpaired) electrons. The van der Waals surface area contributed by atoms with Crippen molar-refractivity contribution in [2.45, 2.75) is 24.8 Å². The molecule has 7 nitrogen and oxygen atoms in total. The van der Waals surface area contributed by atoms with Crippen LogP contribution in [0.2, 0.25) is 5.02 Å². The van der Waals surface area contributed by atoms with Crippen molar-refractivity contribution in [1.82, 2.24) is 19.3 Å². The highest BCUT2D eigenvalue weighted by atomic mass is 35.5. The SMILES string of the molecule is CCc1n[nH]c(=O)c2cc(S(=O)(=O)NCc3cccc(Cl)c3)cn12. The molecule has 1 aromatic carbocycles. The Morgan fingerprint density at radius 1 is 1.33 bits per heavy atom. The summed E-state index contributed by atoms with van der Waals surface area (Å²) in [6.45, 7) is 1.97. The third-order valence-electron chi connectivity index (χ3n) is 3.57. The van der Waals surface area contributed by atoms with E-state index in [0.29, 0.717) is 17.3 Å². The monoisotopic (exact) mass is 366 g/mol. The lowest BCUT2D eigenvalue weighted by atomic mass is 10.2. The van der Waals surface area contributed by atoms with Crippen LogP contribution in [0, 0.1) is 0 Å². The molecule has 0 aliphatic rings. The molecule has 0 spiro atoms. The molecule has 2 heterocycles. The zero-order valence-corrected chi connectivity index (χ0v) is 14.4. The fourth-order valence-corrected chi connectivity index (χ4v) is 3.61. The van der Waals surface area contributed by atoms with Crippen LogP contribution in [0.15, 0.2) is 46.2 Å². The van der Waals surface area contributed by atoms with Crippen molar-refractivity contribution in [1.29, 1.82) is 0 Å². The highest BCUT2D eigenvalue weighted by Crippen LogP contribution is 2.15. The lowest BCUT2D eigenvalue weighted by Gasteiger charge is -2.05. The van der Waals surface area contributed by atoms with Crippen molar-refractivity contribution in [3.63, 3.8) is 0 Å². The van der Waals surface area contributed by atoms with E-state index >= 15 is 0 Å². The Bertz CT molecular complexity index is 1060. The predicted octanol–water partition coefficient (Wildman–Crippen LogP) is 1.72. The molecule has 0 aliphatic carbocycles. The van der Waals surface area contributed by atoms with E-state index < -0.39 is 15.6 Å². The van der Waals surface area contributed by atoms with E-state index in [1.54, 1.807) is 24.3 Å². The number of sulfonamides is 1. The third kappa shape index (κ3) is 3.21. The minimum atomic E-state index is -3.77. The largest absolute Gasteiger partial charge is 0.297 e. The summed E-state index contributed by atoms with van der Waals surface area (Å²) in [5.74, 6) is 0.570. The number of rotatable bonds is 5. The average Bonchev–Trinajstić information content (AvgIpc) is 3.01. The number of nitrogens with one attached hydrogen (secondary N) is 2. The van der Waals surface area contributed by atoms with E-state index in [1.165, 1.54) is 16.7 Å². The highest BCUT2D eigenvalue weighted by Gasteiger charge is 2.18. The van der Waals surface area contributed by atoms with Crippen molar-refractivity contribution in [2.75, 3.05) is 0 Å². The van der Waals surface area contributed by atoms with E-state index in [0.717, 1.165) is 5.56 Å². The number of aromatic amines is 1. The summed E-state index contributed by atoms with van der Waals surface area (Å²) in [6.07, 6.45) is 1.95. The van der Waals surface area contributed by atoms with Gasteiger partial charge < -0.3 is 0 Å². The number of fused-ring (bicyclic) bond motifs is 1. The lowest BCUT2D eigenvalue weighted by Crippen LogP contribution is -2.22. The van der Waals surface area contributed by atoms with Gasteiger partial charge in [0, 0.05) is 24.2 Å². The van der Waals surface area contributed by atoms with Crippen LogP contribution in [-0.2, 0) is 23.0 Å². The first kappa shape index (κ1) is 16.7. The first-order valence-corrected chi connectivity index (χ1v) is 9.10. The molecule has 0 saturated heterocycles. The number of aryl methyl sites for hydroxylation is 1. The minimum Gasteiger partial charge on any atom is -0.297 e. The van der Waals surface area contributed by atoms with Crippen molar-refractivity contribution in [3.05, 3.63) is 63.3 Å². The predicted molar refractivity (Wildman–Crippen MR) is 90.7 cm³/mol. The molecule has 3 aromatic rings. The maximum absolute atomic E-state index is 12.5. The molecule has 0 amide bonds. The number of halogens is 1. The molecule has 24 heavy (non-hydrogen) atoms. The van der Waals surface area contributed by atoms with Crippen LogP contribution in [0.3, 0.4) is 0 Å². The second-order valence-corrected chi connectivity index (χ2v) is 7.41. The maximum Gasteiger partial charge on any atom is 0.288 e. The summed E-state index contributed by atoms with van der Waals surface area (Å²) >= 11 is 5.89. The number of hydrogen-bond acceptors (Lipinski definition) is 4. The summed E-state index contributed by atoms with van der Waals surface area (Å²) in [4.78, 5) is 11.8. The molecule has 0 unspecified atom stereocenters. The van der Waals surface area contributed by atoms with E-state index in [2.05, 4.69) is 14.9 Å². The van der Waals surface area contributed by atoms with Gasteiger partial charge in [0.15, 0.2) is 0 Å². The second-order valence-electron chi connectivity index (χ2n) is 5.21. The van der Waals surface area contributed by atoms with Crippen LogP contribution in [0.25, 0.3) is 5.52 Å². The Morgan fingerprint density at radius 3 is 2.83 bits per heavy atom. The molecule has 0 fully saturated rings. The van der Waals surface area contributed by atoms with Crippen LogP contribution >= 0.6 is 11.6 Å². The Morgan fingerprint density at radius 2 is 2.12 bits per heavy atom. The smallest absolute Gasteiger partial charge is 0.288 e. The number of benzene rings is 1. The lowest BCUT2D eigenvalue weighted by molar-refractivity contribution is 0.581. The fourth-order valence-electron chi connectivity index (χ4n) is 2.36. The van der Waals surface area contributed by atoms with Gasteiger partial charge in [-0.1, -0.05) is 30.7 Å². The molecular formula is C15H15ClN4O3S. The van der Waals surface area contributed by atoms with Gasteiger partial charge in [-0.25, -0.2) is 18.2 Å². The Balaban J connectivity index is 1.94. The number of hydrogen-bond donors (Lipinski definition) is 2. The fraction of sp³-hybridized carbons (Fsp3) is 0.200. The molecule has 0 saturated carbocycles. The van der Waals surface area contributed by atoms with Gasteiger partial charge in [-0.2, -0.15) is 5.10 Å². The Hall–Kier alpha value is -2.16. The zero-order valence-electron chi connectivity index (χ0n) is 12.8. The molecule has 0 bridgehead atoms. The van der Waals surface area contributed by atoms with Gasteiger partial charge in [0.2, 0.25) is 10.0 Å². The van der Waals surface area contributed by atoms with Crippen LogP contribution < -0.4 is 10.3 Å². The summed E-state index contributed by atoms with van der Waals surface area (Å²) in [5.41, 5.74) is 0.539. The highest BCUT2D eigenvalue weighted by molar-refractivity contribution is 7.89. The normalized spacial score (nSPS) is 11.9. The van der Waals surface area contributed by atoms with Crippen LogP contribution in [0.1, 0.15) is 18.3 Å². The number of H-pyrrole nitrogens is 1. The van der Waals surface area contributed by atoms with Gasteiger partial charge in [0.1, 0.15) is 16.2 Å². The number of nitrogens with zero attached hydrogens (tertiary/aromatic N) is 2. The van der Waals surface area contributed by atoms with Crippen molar-refractivity contribution in [2.24, 2.45) is 0 Å². The van der Waals surface area contributed by atoms with E-state index in [-0.39, 0.29) is 17.0 Å². The van der Waals surface area contributed by atoms with Crippen LogP contribution in [-0.4, -0.2) is 23.0 Å². The van der Waals surface area contributed by atoms with Gasteiger partial charge in [-0.3, -0.25) is 9.20 Å². The zero-order chi connectivity index (χ0) is 17.3. The van der Waals surface area contributed by atoms with Crippen molar-refractivity contribution in [3.8, 4) is 0 Å². The Labute approximate surface area is 143 Å². The van der Waals surface area contributed by atoms with Gasteiger partial charge >= 0.3 is 0 Å². The first-order valence-electron chi connectivity index (χ1n) is 7.24. The number of aromatic nitrogens is 3. The standard InChI is InChI=1S/C15H15ClN4O3S/c1-2-14-18-19-15(21)13-7-12(9-20(13)14)24(22,23)17-8-10-4-3-5-11(16)6-10/h3-7,9,17H,2,8H2,1H3,(H,19,21). The molecular weight excluding hydrogens is 352 g/mol. The summed E-state index contributed by atoms with van der Waals surface area (Å²) in [7, 11) is -3.77. The maximum atomic E-state index is 12.5. The minimum absolute atomic E-state index is 0.0118. The van der Waals surface area contributed by atoms with E-state index in [4.69, 9.17) is 11.6 Å². The van der Waals surface area contributed by atoms with Crippen LogP contribution in [0.5, 0.6) is 0 Å². The summed E-state index contributed by atoms with van der Waals surface area (Å²) < 4.78 is 29.0. The molecule has 3 rings (SSSR count).